The van der Waals surface area contributed by atoms with Crippen LogP contribution in [-0.4, -0.2) is 0 Å². The van der Waals surface area contributed by atoms with Gasteiger partial charge in [0.25, 0.3) is 0 Å². The topological polar surface area (TPSA) is 0 Å². The largest absolute Gasteiger partial charge is 0.206 e. The highest BCUT2D eigenvalue weighted by atomic mass is 79.9. The fourth-order valence-electron chi connectivity index (χ4n) is 3.07. The third-order valence-corrected chi connectivity index (χ3v) is 5.22. The molecule has 2 aromatic rings. The summed E-state index contributed by atoms with van der Waals surface area (Å²) in [6.45, 7) is 3.66. The number of aryl methyl sites for hydroxylation is 4. The fourth-order valence-corrected chi connectivity index (χ4v) is 3.62. The highest BCUT2D eigenvalue weighted by molar-refractivity contribution is 9.09. The molecule has 2 aromatic carbocycles. The first kappa shape index (κ1) is 13.8. The Balaban J connectivity index is 1.98. The van der Waals surface area contributed by atoms with E-state index < -0.39 is 0 Å². The summed E-state index contributed by atoms with van der Waals surface area (Å²) >= 11 is 3.77. The first-order valence-corrected chi connectivity index (χ1v) is 8.00. The third kappa shape index (κ3) is 2.42. The zero-order valence-electron chi connectivity index (χ0n) is 11.8. The minimum absolute atomic E-state index is 0.0950. The molecule has 20 heavy (non-hydrogen) atoms. The lowest BCUT2D eigenvalue weighted by molar-refractivity contribution is 0.608. The molecule has 0 heterocycles. The molecule has 0 saturated carbocycles. The molecule has 104 valence electrons. The summed E-state index contributed by atoms with van der Waals surface area (Å²) in [6, 6.07) is 10.6. The van der Waals surface area contributed by atoms with Crippen LogP contribution in [-0.2, 0) is 12.8 Å². The Hall–Kier alpha value is -1.15. The molecular weight excluding hydrogens is 315 g/mol. The van der Waals surface area contributed by atoms with Crippen molar-refractivity contribution in [1.29, 1.82) is 0 Å². The van der Waals surface area contributed by atoms with E-state index in [4.69, 9.17) is 0 Å². The van der Waals surface area contributed by atoms with Crippen LogP contribution in [0.3, 0.4) is 0 Å². The monoisotopic (exact) mass is 332 g/mol. The van der Waals surface area contributed by atoms with E-state index in [0.29, 0.717) is 11.1 Å². The van der Waals surface area contributed by atoms with Crippen molar-refractivity contribution in [3.8, 4) is 0 Å². The van der Waals surface area contributed by atoms with Gasteiger partial charge >= 0.3 is 0 Å². The maximum Gasteiger partial charge on any atom is 0.129 e. The van der Waals surface area contributed by atoms with Gasteiger partial charge in [0.2, 0.25) is 0 Å². The molecule has 0 spiro atoms. The molecule has 3 rings (SSSR count). The summed E-state index contributed by atoms with van der Waals surface area (Å²) in [5.41, 5.74) is 6.77. The highest BCUT2D eigenvalue weighted by Crippen LogP contribution is 2.35. The molecule has 1 aliphatic carbocycles. The number of alkyl halides is 1. The van der Waals surface area contributed by atoms with Crippen LogP contribution in [0.15, 0.2) is 30.3 Å². The Morgan fingerprint density at radius 1 is 0.950 bits per heavy atom. The second-order valence-electron chi connectivity index (χ2n) is 5.71. The van der Waals surface area contributed by atoms with Crippen LogP contribution in [0.1, 0.15) is 44.6 Å². The number of halogens is 2. The van der Waals surface area contributed by atoms with Gasteiger partial charge in [0, 0.05) is 0 Å². The van der Waals surface area contributed by atoms with Crippen LogP contribution in [0.2, 0.25) is 0 Å². The molecule has 0 N–H and O–H groups in total. The van der Waals surface area contributed by atoms with Gasteiger partial charge in [-0.1, -0.05) is 46.3 Å². The number of hydrogen-bond acceptors (Lipinski definition) is 0. The summed E-state index contributed by atoms with van der Waals surface area (Å²) in [4.78, 5) is 0.131. The Morgan fingerprint density at radius 3 is 2.30 bits per heavy atom. The van der Waals surface area contributed by atoms with E-state index in [0.717, 1.165) is 5.56 Å². The van der Waals surface area contributed by atoms with Crippen molar-refractivity contribution in [3.63, 3.8) is 0 Å². The lowest BCUT2D eigenvalue weighted by Gasteiger charge is -2.15. The van der Waals surface area contributed by atoms with Gasteiger partial charge in [-0.2, -0.15) is 0 Å². The van der Waals surface area contributed by atoms with E-state index in [-0.39, 0.29) is 10.6 Å². The zero-order valence-corrected chi connectivity index (χ0v) is 13.4. The van der Waals surface area contributed by atoms with Crippen LogP contribution < -0.4 is 0 Å². The average molecular weight is 333 g/mol. The molecule has 1 unspecified atom stereocenters. The maximum atomic E-state index is 13.7. The first-order chi connectivity index (χ1) is 9.56. The molecule has 0 fully saturated rings. The van der Waals surface area contributed by atoms with Crippen molar-refractivity contribution < 1.29 is 4.39 Å². The van der Waals surface area contributed by atoms with Crippen molar-refractivity contribution in [2.24, 2.45) is 0 Å². The van der Waals surface area contributed by atoms with Crippen molar-refractivity contribution in [3.05, 3.63) is 69.5 Å². The number of rotatable bonds is 2. The highest BCUT2D eigenvalue weighted by Gasteiger charge is 2.17. The SMILES string of the molecule is Cc1cc(C(Br)c2ccc3c(c2)CCC3)cc(C)c1F. The first-order valence-electron chi connectivity index (χ1n) is 7.08. The quantitative estimate of drug-likeness (QED) is 0.644. The molecular formula is C18H18BrF. The number of fused-ring (bicyclic) bond motifs is 1. The summed E-state index contributed by atoms with van der Waals surface area (Å²) in [6.07, 6.45) is 3.65. The summed E-state index contributed by atoms with van der Waals surface area (Å²) in [5.74, 6) is -0.0950. The fraction of sp³-hybridized carbons (Fsp3) is 0.333. The van der Waals surface area contributed by atoms with Gasteiger partial charge in [0.15, 0.2) is 0 Å². The molecule has 0 bridgehead atoms. The second kappa shape index (κ2) is 5.33. The summed E-state index contributed by atoms with van der Waals surface area (Å²) in [7, 11) is 0. The lowest BCUT2D eigenvalue weighted by Crippen LogP contribution is -1.98. The molecule has 2 heteroatoms. The number of hydrogen-bond donors (Lipinski definition) is 0. The van der Waals surface area contributed by atoms with Crippen molar-refractivity contribution in [2.75, 3.05) is 0 Å². The molecule has 0 amide bonds. The second-order valence-corrected chi connectivity index (χ2v) is 6.63. The smallest absolute Gasteiger partial charge is 0.129 e. The average Bonchev–Trinajstić information content (AvgIpc) is 2.90. The Labute approximate surface area is 128 Å². The molecule has 0 aliphatic heterocycles. The van der Waals surface area contributed by atoms with Gasteiger partial charge in [-0.3, -0.25) is 0 Å². The summed E-state index contributed by atoms with van der Waals surface area (Å²) in [5, 5.41) is 0. The van der Waals surface area contributed by atoms with Crippen LogP contribution in [0.5, 0.6) is 0 Å². The Bertz CT molecular complexity index is 637. The van der Waals surface area contributed by atoms with Gasteiger partial charge < -0.3 is 0 Å². The van der Waals surface area contributed by atoms with Crippen molar-refractivity contribution >= 4 is 15.9 Å². The molecule has 0 aromatic heterocycles. The van der Waals surface area contributed by atoms with Gasteiger partial charge in [0.05, 0.1) is 4.83 Å². The lowest BCUT2D eigenvalue weighted by atomic mass is 9.97. The zero-order chi connectivity index (χ0) is 14.3. The third-order valence-electron chi connectivity index (χ3n) is 4.17. The predicted molar refractivity (Wildman–Crippen MR) is 85.1 cm³/mol. The molecule has 1 aliphatic rings. The molecule has 1 atom stereocenters. The standard InChI is InChI=1S/C18H18BrF/c1-11-8-16(9-12(2)18(11)20)17(19)15-7-6-13-4-3-5-14(13)10-15/h6-10,17H,3-5H2,1-2H3. The van der Waals surface area contributed by atoms with E-state index in [2.05, 4.69) is 34.1 Å². The Morgan fingerprint density at radius 2 is 1.60 bits per heavy atom. The van der Waals surface area contributed by atoms with Crippen LogP contribution in [0.25, 0.3) is 0 Å². The van der Waals surface area contributed by atoms with Gasteiger partial charge in [-0.15, -0.1) is 0 Å². The summed E-state index contributed by atoms with van der Waals surface area (Å²) < 4.78 is 13.7. The van der Waals surface area contributed by atoms with Crippen molar-refractivity contribution in [1.82, 2.24) is 0 Å². The normalized spacial score (nSPS) is 15.2. The van der Waals surface area contributed by atoms with Crippen molar-refractivity contribution in [2.45, 2.75) is 37.9 Å². The number of benzene rings is 2. The van der Waals surface area contributed by atoms with E-state index in [1.807, 2.05) is 26.0 Å². The van der Waals surface area contributed by atoms with Gasteiger partial charge in [-0.25, -0.2) is 4.39 Å². The maximum absolute atomic E-state index is 13.7. The molecule has 0 nitrogen and oxygen atoms in total. The molecule has 0 saturated heterocycles. The van der Waals surface area contributed by atoms with E-state index in [1.165, 1.54) is 36.0 Å². The van der Waals surface area contributed by atoms with Crippen LogP contribution in [0, 0.1) is 19.7 Å². The minimum atomic E-state index is -0.0950. The van der Waals surface area contributed by atoms with E-state index in [9.17, 15) is 4.39 Å². The Kier molecular flexibility index (Phi) is 3.68. The van der Waals surface area contributed by atoms with Crippen LogP contribution in [0.4, 0.5) is 4.39 Å². The minimum Gasteiger partial charge on any atom is -0.206 e. The van der Waals surface area contributed by atoms with Gasteiger partial charge in [0.1, 0.15) is 5.82 Å². The van der Waals surface area contributed by atoms with E-state index in [1.54, 1.807) is 0 Å². The van der Waals surface area contributed by atoms with Crippen LogP contribution >= 0.6 is 15.9 Å². The molecule has 0 radical (unpaired) electrons. The van der Waals surface area contributed by atoms with E-state index >= 15 is 0 Å². The van der Waals surface area contributed by atoms with Gasteiger partial charge in [-0.05, 0) is 66.5 Å². The predicted octanol–water partition coefficient (Wildman–Crippen LogP) is 5.42.